The summed E-state index contributed by atoms with van der Waals surface area (Å²) in [5.41, 5.74) is 5.25. The van der Waals surface area contributed by atoms with E-state index in [0.29, 0.717) is 0 Å². The molecule has 0 aromatic rings. The first kappa shape index (κ1) is 8.89. The Hall–Kier alpha value is -0.200. The molecular formula is C6H13NO4. The van der Waals surface area contributed by atoms with E-state index in [9.17, 15) is 10.2 Å². The van der Waals surface area contributed by atoms with Crippen LogP contribution in [0.3, 0.4) is 0 Å². The van der Waals surface area contributed by atoms with Crippen LogP contribution < -0.4 is 5.73 Å². The van der Waals surface area contributed by atoms with Gasteiger partial charge in [-0.1, -0.05) is 0 Å². The minimum Gasteiger partial charge on any atom is -0.387 e. The number of methoxy groups -OCH3 is 1. The van der Waals surface area contributed by atoms with Gasteiger partial charge in [-0.2, -0.15) is 0 Å². The van der Waals surface area contributed by atoms with E-state index < -0.39 is 24.6 Å². The highest BCUT2D eigenvalue weighted by Gasteiger charge is 2.41. The summed E-state index contributed by atoms with van der Waals surface area (Å²) in [5, 5.41) is 18.4. The van der Waals surface area contributed by atoms with E-state index >= 15 is 0 Å². The summed E-state index contributed by atoms with van der Waals surface area (Å²) in [6.45, 7) is 0.179. The van der Waals surface area contributed by atoms with E-state index in [2.05, 4.69) is 0 Å². The third-order valence-electron chi connectivity index (χ3n) is 1.78. The Balaban J connectivity index is 2.53. The van der Waals surface area contributed by atoms with Crippen molar-refractivity contribution in [2.75, 3.05) is 13.7 Å². The minimum absolute atomic E-state index is 0.179. The fourth-order valence-corrected chi connectivity index (χ4v) is 1.10. The van der Waals surface area contributed by atoms with Crippen molar-refractivity contribution >= 4 is 0 Å². The average Bonchev–Trinajstić information content (AvgIpc) is 2.30. The molecule has 5 nitrogen and oxygen atoms in total. The highest BCUT2D eigenvalue weighted by Crippen LogP contribution is 2.20. The Morgan fingerprint density at radius 3 is 2.36 bits per heavy atom. The Bertz CT molecular complexity index is 114. The molecular weight excluding hydrogens is 150 g/mol. The van der Waals surface area contributed by atoms with Crippen LogP contribution in [0.15, 0.2) is 0 Å². The number of hydrogen-bond donors (Lipinski definition) is 3. The molecule has 1 aliphatic rings. The molecule has 0 unspecified atom stereocenters. The van der Waals surface area contributed by atoms with Gasteiger partial charge in [0, 0.05) is 13.7 Å². The van der Waals surface area contributed by atoms with Crippen LogP contribution in [0.2, 0.25) is 0 Å². The second-order valence-corrected chi connectivity index (χ2v) is 2.50. The van der Waals surface area contributed by atoms with Crippen molar-refractivity contribution in [2.24, 2.45) is 5.73 Å². The van der Waals surface area contributed by atoms with Crippen molar-refractivity contribution in [2.45, 2.75) is 24.6 Å². The van der Waals surface area contributed by atoms with Crippen LogP contribution in [-0.2, 0) is 9.47 Å². The third kappa shape index (κ3) is 1.52. The monoisotopic (exact) mass is 163 g/mol. The minimum atomic E-state index is -0.992. The van der Waals surface area contributed by atoms with Crippen molar-refractivity contribution in [1.29, 1.82) is 0 Å². The summed E-state index contributed by atoms with van der Waals surface area (Å²) in [7, 11) is 1.40. The number of aliphatic hydroxyl groups excluding tert-OH is 2. The van der Waals surface area contributed by atoms with Gasteiger partial charge in [0.2, 0.25) is 0 Å². The summed E-state index contributed by atoms with van der Waals surface area (Å²) in [6, 6.07) is 0. The van der Waals surface area contributed by atoms with E-state index in [1.54, 1.807) is 0 Å². The zero-order chi connectivity index (χ0) is 8.43. The topological polar surface area (TPSA) is 84.9 Å². The van der Waals surface area contributed by atoms with Crippen molar-refractivity contribution < 1.29 is 19.7 Å². The van der Waals surface area contributed by atoms with Crippen molar-refractivity contribution in [3.63, 3.8) is 0 Å². The molecule has 11 heavy (non-hydrogen) atoms. The Kier molecular flexibility index (Phi) is 2.80. The van der Waals surface area contributed by atoms with Gasteiger partial charge in [0.1, 0.15) is 18.3 Å². The predicted octanol–water partition coefficient (Wildman–Crippen LogP) is -1.96. The van der Waals surface area contributed by atoms with Crippen LogP contribution in [-0.4, -0.2) is 48.5 Å². The van der Waals surface area contributed by atoms with Crippen molar-refractivity contribution in [3.8, 4) is 0 Å². The summed E-state index contributed by atoms with van der Waals surface area (Å²) < 4.78 is 9.78. The zero-order valence-electron chi connectivity index (χ0n) is 6.30. The molecule has 0 bridgehead atoms. The number of ether oxygens (including phenoxy) is 2. The van der Waals surface area contributed by atoms with Crippen LogP contribution in [0.5, 0.6) is 0 Å². The smallest absolute Gasteiger partial charge is 0.186 e. The van der Waals surface area contributed by atoms with Gasteiger partial charge < -0.3 is 25.4 Å². The molecule has 0 amide bonds. The molecule has 0 spiro atoms. The largest absolute Gasteiger partial charge is 0.387 e. The molecule has 66 valence electrons. The molecule has 1 saturated heterocycles. The van der Waals surface area contributed by atoms with Crippen LogP contribution in [0.4, 0.5) is 0 Å². The molecule has 1 rings (SSSR count). The fourth-order valence-electron chi connectivity index (χ4n) is 1.10. The lowest BCUT2D eigenvalue weighted by Gasteiger charge is -2.11. The summed E-state index contributed by atoms with van der Waals surface area (Å²) in [4.78, 5) is 0. The standard InChI is InChI=1S/C6H13NO4/c1-10-6-5(9)4(8)3(2-7)11-6/h3-6,8-9H,2,7H2,1H3/t3-,4+,5-,6+/m1/s1. The lowest BCUT2D eigenvalue weighted by Crippen LogP contribution is -2.36. The number of nitrogens with two attached hydrogens (primary N) is 1. The van der Waals surface area contributed by atoms with E-state index in [-0.39, 0.29) is 6.54 Å². The average molecular weight is 163 g/mol. The maximum Gasteiger partial charge on any atom is 0.186 e. The van der Waals surface area contributed by atoms with Gasteiger partial charge in [-0.25, -0.2) is 0 Å². The van der Waals surface area contributed by atoms with Crippen molar-refractivity contribution in [3.05, 3.63) is 0 Å². The molecule has 0 aromatic heterocycles. The van der Waals surface area contributed by atoms with Gasteiger partial charge in [-0.15, -0.1) is 0 Å². The highest BCUT2D eigenvalue weighted by molar-refractivity contribution is 4.86. The third-order valence-corrected chi connectivity index (χ3v) is 1.78. The van der Waals surface area contributed by atoms with Crippen molar-refractivity contribution in [1.82, 2.24) is 0 Å². The van der Waals surface area contributed by atoms with Gasteiger partial charge in [0.05, 0.1) is 0 Å². The lowest BCUT2D eigenvalue weighted by molar-refractivity contribution is -0.147. The molecule has 1 fully saturated rings. The second-order valence-electron chi connectivity index (χ2n) is 2.50. The molecule has 0 aliphatic carbocycles. The first-order chi connectivity index (χ1) is 5.20. The van der Waals surface area contributed by atoms with Gasteiger partial charge in [-0.05, 0) is 0 Å². The maximum atomic E-state index is 9.22. The first-order valence-corrected chi connectivity index (χ1v) is 3.45. The van der Waals surface area contributed by atoms with Crippen LogP contribution in [0.25, 0.3) is 0 Å². The summed E-state index contributed by atoms with van der Waals surface area (Å²) in [5.74, 6) is 0. The Labute approximate surface area is 64.7 Å². The van der Waals surface area contributed by atoms with Crippen LogP contribution in [0.1, 0.15) is 0 Å². The number of aliphatic hydroxyl groups is 2. The zero-order valence-corrected chi connectivity index (χ0v) is 6.30. The fraction of sp³-hybridized carbons (Fsp3) is 1.00. The van der Waals surface area contributed by atoms with E-state index in [0.717, 1.165) is 0 Å². The van der Waals surface area contributed by atoms with Gasteiger partial charge >= 0.3 is 0 Å². The Morgan fingerprint density at radius 1 is 1.45 bits per heavy atom. The predicted molar refractivity (Wildman–Crippen MR) is 36.7 cm³/mol. The van der Waals surface area contributed by atoms with Crippen LogP contribution >= 0.6 is 0 Å². The first-order valence-electron chi connectivity index (χ1n) is 3.45. The van der Waals surface area contributed by atoms with Crippen LogP contribution in [0, 0.1) is 0 Å². The van der Waals surface area contributed by atoms with Gasteiger partial charge in [-0.3, -0.25) is 0 Å². The normalized spacial score (nSPS) is 44.7. The molecule has 0 radical (unpaired) electrons. The number of hydrogen-bond acceptors (Lipinski definition) is 5. The molecule has 0 aromatic carbocycles. The molecule has 4 N–H and O–H groups in total. The molecule has 5 heteroatoms. The van der Waals surface area contributed by atoms with E-state index in [1.165, 1.54) is 7.11 Å². The van der Waals surface area contributed by atoms with Gasteiger partial charge in [0.15, 0.2) is 6.29 Å². The highest BCUT2D eigenvalue weighted by atomic mass is 16.7. The second kappa shape index (κ2) is 3.46. The Morgan fingerprint density at radius 2 is 2.09 bits per heavy atom. The lowest BCUT2D eigenvalue weighted by atomic mass is 10.1. The molecule has 4 atom stereocenters. The summed E-state index contributed by atoms with van der Waals surface area (Å²) in [6.07, 6.45) is -3.20. The quantitative estimate of drug-likeness (QED) is 0.440. The number of rotatable bonds is 2. The maximum absolute atomic E-state index is 9.22. The molecule has 1 heterocycles. The molecule has 0 saturated carbocycles. The van der Waals surface area contributed by atoms with E-state index in [1.807, 2.05) is 0 Å². The molecule has 1 aliphatic heterocycles. The van der Waals surface area contributed by atoms with Gasteiger partial charge in [0.25, 0.3) is 0 Å². The SMILES string of the molecule is CO[C@H]1O[C@H](CN)[C@H](O)[C@H]1O. The van der Waals surface area contributed by atoms with E-state index in [4.69, 9.17) is 15.2 Å². The summed E-state index contributed by atoms with van der Waals surface area (Å²) >= 11 is 0.